The van der Waals surface area contributed by atoms with E-state index in [0.29, 0.717) is 0 Å². The average Bonchev–Trinajstić information content (AvgIpc) is 2.83. The highest BCUT2D eigenvalue weighted by atomic mass is 15.1. The van der Waals surface area contributed by atoms with Crippen molar-refractivity contribution in [3.63, 3.8) is 0 Å². The van der Waals surface area contributed by atoms with Gasteiger partial charge in [-0.3, -0.25) is 0 Å². The van der Waals surface area contributed by atoms with Gasteiger partial charge in [0.15, 0.2) is 0 Å². The first-order valence-electron chi connectivity index (χ1n) is 7.69. The Morgan fingerprint density at radius 3 is 3.11 bits per heavy atom. The van der Waals surface area contributed by atoms with Crippen molar-refractivity contribution in [2.45, 2.75) is 32.6 Å². The van der Waals surface area contributed by atoms with E-state index >= 15 is 0 Å². The van der Waals surface area contributed by atoms with Crippen molar-refractivity contribution in [1.29, 1.82) is 0 Å². The van der Waals surface area contributed by atoms with E-state index in [0.717, 1.165) is 25.4 Å². The van der Waals surface area contributed by atoms with Crippen LogP contribution >= 0.6 is 0 Å². The molecule has 1 unspecified atom stereocenters. The topological polar surface area (TPSA) is 33.1 Å². The zero-order chi connectivity index (χ0) is 13.5. The molecule has 0 aliphatic carbocycles. The predicted molar refractivity (Wildman–Crippen MR) is 79.2 cm³/mol. The van der Waals surface area contributed by atoms with Crippen LogP contribution in [0.4, 0.5) is 0 Å². The number of nitrogens with zero attached hydrogens (tertiary/aromatic N) is 3. The molecule has 0 bridgehead atoms. The number of aryl methyl sites for hydroxylation is 1. The van der Waals surface area contributed by atoms with Gasteiger partial charge in [0.2, 0.25) is 0 Å². The first-order chi connectivity index (χ1) is 9.29. The van der Waals surface area contributed by atoms with Crippen molar-refractivity contribution in [1.82, 2.24) is 19.8 Å². The van der Waals surface area contributed by atoms with E-state index in [9.17, 15) is 0 Å². The molecule has 1 N–H and O–H groups in total. The van der Waals surface area contributed by atoms with Gasteiger partial charge in [0, 0.05) is 39.0 Å². The first-order valence-corrected chi connectivity index (χ1v) is 7.69. The lowest BCUT2D eigenvalue weighted by Crippen LogP contribution is -2.40. The first kappa shape index (κ1) is 14.5. The summed E-state index contributed by atoms with van der Waals surface area (Å²) >= 11 is 0. The molecule has 1 aromatic heterocycles. The summed E-state index contributed by atoms with van der Waals surface area (Å²) in [7, 11) is 2.08. The van der Waals surface area contributed by atoms with Crippen LogP contribution in [0.1, 0.15) is 32.0 Å². The lowest BCUT2D eigenvalue weighted by atomic mass is 9.98. The fourth-order valence-electron chi connectivity index (χ4n) is 2.90. The van der Waals surface area contributed by atoms with Crippen molar-refractivity contribution in [2.24, 2.45) is 13.0 Å². The van der Waals surface area contributed by atoms with E-state index in [1.54, 1.807) is 0 Å². The normalized spacial score (nSPS) is 20.8. The summed E-state index contributed by atoms with van der Waals surface area (Å²) in [6.45, 7) is 8.23. The number of likely N-dealkylation sites (tertiary alicyclic amines) is 1. The van der Waals surface area contributed by atoms with Crippen LogP contribution in [0.3, 0.4) is 0 Å². The minimum atomic E-state index is 0.835. The van der Waals surface area contributed by atoms with Crippen LogP contribution in [0.15, 0.2) is 12.4 Å². The van der Waals surface area contributed by atoms with Gasteiger partial charge < -0.3 is 14.8 Å². The summed E-state index contributed by atoms with van der Waals surface area (Å²) in [5.74, 6) is 2.04. The Labute approximate surface area is 117 Å². The molecule has 0 spiro atoms. The van der Waals surface area contributed by atoms with Gasteiger partial charge >= 0.3 is 0 Å². The fraction of sp³-hybridized carbons (Fsp3) is 0.800. The minimum absolute atomic E-state index is 0.835. The van der Waals surface area contributed by atoms with Gasteiger partial charge in [0.25, 0.3) is 0 Å². The van der Waals surface area contributed by atoms with Gasteiger partial charge in [-0.15, -0.1) is 0 Å². The average molecular weight is 264 g/mol. The quantitative estimate of drug-likeness (QED) is 0.761. The molecule has 1 saturated heterocycles. The molecule has 0 amide bonds. The number of piperidine rings is 1. The van der Waals surface area contributed by atoms with Gasteiger partial charge in [0.1, 0.15) is 5.82 Å². The van der Waals surface area contributed by atoms with Crippen LogP contribution in [0.5, 0.6) is 0 Å². The van der Waals surface area contributed by atoms with Crippen molar-refractivity contribution in [2.75, 3.05) is 32.7 Å². The van der Waals surface area contributed by atoms with Gasteiger partial charge in [-0.1, -0.05) is 6.92 Å². The van der Waals surface area contributed by atoms with Crippen molar-refractivity contribution >= 4 is 0 Å². The second kappa shape index (κ2) is 7.65. The maximum absolute atomic E-state index is 4.40. The smallest absolute Gasteiger partial charge is 0.109 e. The molecule has 2 heterocycles. The van der Waals surface area contributed by atoms with Crippen molar-refractivity contribution in [3.05, 3.63) is 18.2 Å². The van der Waals surface area contributed by atoms with Crippen LogP contribution in [0, 0.1) is 5.92 Å². The molecule has 0 saturated carbocycles. The SMILES string of the molecule is CCCNCC1CCCN(CCc2nccn2C)C1. The molecule has 2 rings (SSSR count). The molecule has 1 aliphatic rings. The molecule has 1 atom stereocenters. The lowest BCUT2D eigenvalue weighted by molar-refractivity contribution is 0.173. The van der Waals surface area contributed by atoms with E-state index < -0.39 is 0 Å². The Hall–Kier alpha value is -0.870. The zero-order valence-electron chi connectivity index (χ0n) is 12.4. The summed E-state index contributed by atoms with van der Waals surface area (Å²) in [4.78, 5) is 7.01. The van der Waals surface area contributed by atoms with Crippen LogP contribution in [0.25, 0.3) is 0 Å². The minimum Gasteiger partial charge on any atom is -0.338 e. The molecule has 1 fully saturated rings. The number of hydrogen-bond donors (Lipinski definition) is 1. The molecule has 0 radical (unpaired) electrons. The summed E-state index contributed by atoms with van der Waals surface area (Å²) in [6.07, 6.45) is 8.95. The molecule has 108 valence electrons. The van der Waals surface area contributed by atoms with Crippen LogP contribution in [0.2, 0.25) is 0 Å². The van der Waals surface area contributed by atoms with Crippen LogP contribution < -0.4 is 5.32 Å². The Kier molecular flexibility index (Phi) is 5.86. The van der Waals surface area contributed by atoms with Crippen molar-refractivity contribution < 1.29 is 0 Å². The third-order valence-electron chi connectivity index (χ3n) is 4.04. The molecule has 4 nitrogen and oxygen atoms in total. The van der Waals surface area contributed by atoms with Crippen LogP contribution in [-0.2, 0) is 13.5 Å². The van der Waals surface area contributed by atoms with E-state index in [2.05, 4.69) is 33.7 Å². The number of rotatable bonds is 7. The third kappa shape index (κ3) is 4.62. The highest BCUT2D eigenvalue weighted by Crippen LogP contribution is 2.16. The molecule has 1 aliphatic heterocycles. The summed E-state index contributed by atoms with van der Waals surface area (Å²) in [5, 5.41) is 3.56. The number of nitrogens with one attached hydrogen (secondary N) is 1. The van der Waals surface area contributed by atoms with Crippen molar-refractivity contribution in [3.8, 4) is 0 Å². The number of imidazole rings is 1. The third-order valence-corrected chi connectivity index (χ3v) is 4.04. The number of aromatic nitrogens is 2. The second-order valence-corrected chi connectivity index (χ2v) is 5.72. The summed E-state index contributed by atoms with van der Waals surface area (Å²) in [5.41, 5.74) is 0. The second-order valence-electron chi connectivity index (χ2n) is 5.72. The Morgan fingerprint density at radius 1 is 1.47 bits per heavy atom. The zero-order valence-corrected chi connectivity index (χ0v) is 12.4. The van der Waals surface area contributed by atoms with Gasteiger partial charge in [-0.05, 0) is 44.8 Å². The van der Waals surface area contributed by atoms with Gasteiger partial charge in [0.05, 0.1) is 0 Å². The highest BCUT2D eigenvalue weighted by Gasteiger charge is 2.19. The molecular formula is C15H28N4. The Balaban J connectivity index is 1.70. The fourth-order valence-corrected chi connectivity index (χ4v) is 2.90. The van der Waals surface area contributed by atoms with E-state index in [4.69, 9.17) is 0 Å². The largest absolute Gasteiger partial charge is 0.338 e. The maximum Gasteiger partial charge on any atom is 0.109 e. The van der Waals surface area contributed by atoms with Crippen LogP contribution in [-0.4, -0.2) is 47.2 Å². The van der Waals surface area contributed by atoms with E-state index in [-0.39, 0.29) is 0 Å². The highest BCUT2D eigenvalue weighted by molar-refractivity contribution is 4.92. The molecular weight excluding hydrogens is 236 g/mol. The molecule has 4 heteroatoms. The predicted octanol–water partition coefficient (Wildman–Crippen LogP) is 1.67. The van der Waals surface area contributed by atoms with E-state index in [1.165, 1.54) is 44.7 Å². The standard InChI is InChI=1S/C15H28N4/c1-3-7-16-12-14-5-4-9-19(13-14)10-6-15-17-8-11-18(15)2/h8,11,14,16H,3-7,9-10,12-13H2,1-2H3. The Morgan fingerprint density at radius 2 is 2.37 bits per heavy atom. The van der Waals surface area contributed by atoms with Gasteiger partial charge in [-0.2, -0.15) is 0 Å². The molecule has 0 aromatic carbocycles. The Bertz CT molecular complexity index is 361. The number of hydrogen-bond acceptors (Lipinski definition) is 3. The molecule has 1 aromatic rings. The lowest BCUT2D eigenvalue weighted by Gasteiger charge is -2.32. The summed E-state index contributed by atoms with van der Waals surface area (Å²) in [6, 6.07) is 0. The van der Waals surface area contributed by atoms with Gasteiger partial charge in [-0.25, -0.2) is 4.98 Å². The summed E-state index contributed by atoms with van der Waals surface area (Å²) < 4.78 is 2.13. The monoisotopic (exact) mass is 264 g/mol. The molecule has 19 heavy (non-hydrogen) atoms. The maximum atomic E-state index is 4.40. The van der Waals surface area contributed by atoms with E-state index in [1.807, 2.05) is 12.4 Å².